The summed E-state index contributed by atoms with van der Waals surface area (Å²) in [5.41, 5.74) is 7.11. The summed E-state index contributed by atoms with van der Waals surface area (Å²) in [6.45, 7) is 1.35. The normalized spacial score (nSPS) is 11.9. The van der Waals surface area contributed by atoms with Crippen molar-refractivity contribution in [3.8, 4) is 0 Å². The Morgan fingerprint density at radius 1 is 1.47 bits per heavy atom. The first-order chi connectivity index (χ1) is 7.93. The molecule has 0 fully saturated rings. The first-order valence-corrected chi connectivity index (χ1v) is 4.97. The third kappa shape index (κ3) is 3.18. The molecule has 0 aromatic heterocycles. The van der Waals surface area contributed by atoms with Crippen LogP contribution in [0.5, 0.6) is 0 Å². The van der Waals surface area contributed by atoms with E-state index < -0.39 is 18.0 Å². The predicted molar refractivity (Wildman–Crippen MR) is 61.6 cm³/mol. The van der Waals surface area contributed by atoms with Gasteiger partial charge in [-0.1, -0.05) is 6.07 Å². The van der Waals surface area contributed by atoms with Crippen molar-refractivity contribution in [3.05, 3.63) is 29.3 Å². The van der Waals surface area contributed by atoms with Crippen LogP contribution in [0.4, 0.5) is 5.69 Å². The summed E-state index contributed by atoms with van der Waals surface area (Å²) in [5, 5.41) is 19.8. The maximum atomic E-state index is 11.7. The van der Waals surface area contributed by atoms with Crippen LogP contribution in [0.15, 0.2) is 18.2 Å². The van der Waals surface area contributed by atoms with Gasteiger partial charge in [-0.05, 0) is 24.6 Å². The Kier molecular flexibility index (Phi) is 4.06. The largest absolute Gasteiger partial charge is 0.479 e. The number of nitrogens with two attached hydrogens (primary N) is 1. The second kappa shape index (κ2) is 5.31. The number of carboxylic acid groups (broad SMARTS) is 1. The molecule has 1 aromatic rings. The zero-order valence-electron chi connectivity index (χ0n) is 9.30. The molecule has 0 aliphatic carbocycles. The van der Waals surface area contributed by atoms with Gasteiger partial charge in [0.15, 0.2) is 6.10 Å². The number of carbonyl (C=O) groups excluding carboxylic acids is 1. The number of benzene rings is 1. The second-order valence-corrected chi connectivity index (χ2v) is 3.58. The molecule has 1 aromatic carbocycles. The number of aliphatic hydroxyl groups excluding tert-OH is 1. The summed E-state index contributed by atoms with van der Waals surface area (Å²) in [7, 11) is 0. The number of hydrogen-bond acceptors (Lipinski definition) is 4. The summed E-state index contributed by atoms with van der Waals surface area (Å²) < 4.78 is 0. The van der Waals surface area contributed by atoms with Crippen LogP contribution in [0.3, 0.4) is 0 Å². The first-order valence-electron chi connectivity index (χ1n) is 4.97. The average Bonchev–Trinajstić information content (AvgIpc) is 2.29. The van der Waals surface area contributed by atoms with E-state index in [1.165, 1.54) is 0 Å². The number of rotatable bonds is 4. The third-order valence-electron chi connectivity index (χ3n) is 2.36. The van der Waals surface area contributed by atoms with E-state index in [0.717, 1.165) is 0 Å². The van der Waals surface area contributed by atoms with Gasteiger partial charge < -0.3 is 21.3 Å². The van der Waals surface area contributed by atoms with Gasteiger partial charge in [0.25, 0.3) is 5.91 Å². The van der Waals surface area contributed by atoms with E-state index >= 15 is 0 Å². The van der Waals surface area contributed by atoms with Crippen LogP contribution in [-0.2, 0) is 4.79 Å². The van der Waals surface area contributed by atoms with Crippen molar-refractivity contribution in [2.24, 2.45) is 0 Å². The van der Waals surface area contributed by atoms with Gasteiger partial charge in [-0.25, -0.2) is 4.79 Å². The maximum absolute atomic E-state index is 11.7. The molecule has 0 saturated carbocycles. The molecule has 17 heavy (non-hydrogen) atoms. The fourth-order valence-electron chi connectivity index (χ4n) is 1.27. The minimum absolute atomic E-state index is 0.345. The third-order valence-corrected chi connectivity index (χ3v) is 2.36. The molecule has 0 saturated heterocycles. The zero-order valence-corrected chi connectivity index (χ0v) is 9.30. The quantitative estimate of drug-likeness (QED) is 0.540. The van der Waals surface area contributed by atoms with E-state index in [9.17, 15) is 9.59 Å². The molecule has 6 nitrogen and oxygen atoms in total. The molecule has 6 heteroatoms. The number of nitrogen functional groups attached to an aromatic ring is 1. The SMILES string of the molecule is Cc1c(N)cccc1C(=O)NC[C@H](O)C(=O)O. The lowest BCUT2D eigenvalue weighted by molar-refractivity contribution is -0.146. The van der Waals surface area contributed by atoms with Crippen LogP contribution >= 0.6 is 0 Å². The van der Waals surface area contributed by atoms with Gasteiger partial charge in [-0.15, -0.1) is 0 Å². The molecule has 0 radical (unpaired) electrons. The van der Waals surface area contributed by atoms with Crippen molar-refractivity contribution < 1.29 is 19.8 Å². The second-order valence-electron chi connectivity index (χ2n) is 3.58. The molecular formula is C11H14N2O4. The van der Waals surface area contributed by atoms with E-state index in [4.69, 9.17) is 15.9 Å². The van der Waals surface area contributed by atoms with Crippen LogP contribution in [0.2, 0.25) is 0 Å². The Morgan fingerprint density at radius 2 is 2.12 bits per heavy atom. The van der Waals surface area contributed by atoms with Gasteiger partial charge in [0.2, 0.25) is 0 Å². The van der Waals surface area contributed by atoms with Gasteiger partial charge in [-0.2, -0.15) is 0 Å². The molecule has 0 spiro atoms. The highest BCUT2D eigenvalue weighted by Gasteiger charge is 2.16. The smallest absolute Gasteiger partial charge is 0.334 e. The summed E-state index contributed by atoms with van der Waals surface area (Å²) in [5.74, 6) is -1.84. The molecule has 0 aliphatic heterocycles. The first kappa shape index (κ1) is 13.0. The number of carbonyl (C=O) groups is 2. The van der Waals surface area contributed by atoms with Crippen molar-refractivity contribution in [2.45, 2.75) is 13.0 Å². The number of anilines is 1. The molecule has 5 N–H and O–H groups in total. The van der Waals surface area contributed by atoms with Crippen molar-refractivity contribution >= 4 is 17.6 Å². The molecule has 0 heterocycles. The fourth-order valence-corrected chi connectivity index (χ4v) is 1.27. The number of aliphatic carboxylic acids is 1. The van der Waals surface area contributed by atoms with Gasteiger partial charge in [-0.3, -0.25) is 4.79 Å². The number of aliphatic hydroxyl groups is 1. The van der Waals surface area contributed by atoms with Crippen molar-refractivity contribution in [2.75, 3.05) is 12.3 Å². The van der Waals surface area contributed by atoms with Crippen LogP contribution in [0.1, 0.15) is 15.9 Å². The predicted octanol–water partition coefficient (Wildman–Crippen LogP) is -0.247. The highest BCUT2D eigenvalue weighted by Crippen LogP contribution is 2.15. The van der Waals surface area contributed by atoms with Crippen molar-refractivity contribution in [3.63, 3.8) is 0 Å². The molecule has 0 bridgehead atoms. The Morgan fingerprint density at radius 3 is 2.71 bits per heavy atom. The van der Waals surface area contributed by atoms with Crippen molar-refractivity contribution in [1.29, 1.82) is 0 Å². The lowest BCUT2D eigenvalue weighted by Crippen LogP contribution is -2.36. The van der Waals surface area contributed by atoms with Crippen LogP contribution in [0.25, 0.3) is 0 Å². The van der Waals surface area contributed by atoms with Gasteiger partial charge in [0.1, 0.15) is 0 Å². The highest BCUT2D eigenvalue weighted by atomic mass is 16.4. The Hall–Kier alpha value is -2.08. The Labute approximate surface area is 98.1 Å². The summed E-state index contributed by atoms with van der Waals surface area (Å²) >= 11 is 0. The van der Waals surface area contributed by atoms with E-state index in [1.54, 1.807) is 25.1 Å². The monoisotopic (exact) mass is 238 g/mol. The summed E-state index contributed by atoms with van der Waals surface area (Å²) in [4.78, 5) is 22.0. The lowest BCUT2D eigenvalue weighted by atomic mass is 10.1. The minimum Gasteiger partial charge on any atom is -0.479 e. The number of hydrogen-bond donors (Lipinski definition) is 4. The summed E-state index contributed by atoms with van der Waals surface area (Å²) in [6.07, 6.45) is -1.61. The van der Waals surface area contributed by atoms with Gasteiger partial charge in [0.05, 0.1) is 6.54 Å². The molecule has 1 atom stereocenters. The lowest BCUT2D eigenvalue weighted by Gasteiger charge is -2.10. The molecule has 1 rings (SSSR count). The number of amides is 1. The zero-order chi connectivity index (χ0) is 13.0. The van der Waals surface area contributed by atoms with E-state index in [0.29, 0.717) is 16.8 Å². The average molecular weight is 238 g/mol. The molecular weight excluding hydrogens is 224 g/mol. The summed E-state index contributed by atoms with van der Waals surface area (Å²) in [6, 6.07) is 4.87. The highest BCUT2D eigenvalue weighted by molar-refractivity contribution is 5.97. The standard InChI is InChI=1S/C11H14N2O4/c1-6-7(3-2-4-8(6)12)10(15)13-5-9(14)11(16)17/h2-4,9,14H,5,12H2,1H3,(H,13,15)(H,16,17)/t9-/m0/s1. The van der Waals surface area contributed by atoms with Crippen LogP contribution < -0.4 is 11.1 Å². The number of carboxylic acids is 1. The minimum atomic E-state index is -1.61. The molecule has 92 valence electrons. The van der Waals surface area contributed by atoms with Gasteiger partial charge in [0, 0.05) is 11.3 Å². The Bertz CT molecular complexity index is 445. The fraction of sp³-hybridized carbons (Fsp3) is 0.273. The van der Waals surface area contributed by atoms with Crippen LogP contribution in [0, 0.1) is 6.92 Å². The molecule has 0 unspecified atom stereocenters. The van der Waals surface area contributed by atoms with Gasteiger partial charge >= 0.3 is 5.97 Å². The van der Waals surface area contributed by atoms with E-state index in [-0.39, 0.29) is 6.54 Å². The van der Waals surface area contributed by atoms with Crippen LogP contribution in [-0.4, -0.2) is 34.7 Å². The Balaban J connectivity index is 2.71. The van der Waals surface area contributed by atoms with E-state index in [1.807, 2.05) is 0 Å². The van der Waals surface area contributed by atoms with Crippen molar-refractivity contribution in [1.82, 2.24) is 5.32 Å². The molecule has 1 amide bonds. The molecule has 0 aliphatic rings. The maximum Gasteiger partial charge on any atom is 0.334 e. The van der Waals surface area contributed by atoms with E-state index in [2.05, 4.69) is 5.32 Å². The number of nitrogens with one attached hydrogen (secondary N) is 1. The topological polar surface area (TPSA) is 113 Å².